The van der Waals surface area contributed by atoms with E-state index in [2.05, 4.69) is 20.5 Å². The van der Waals surface area contributed by atoms with Gasteiger partial charge in [0.2, 0.25) is 5.88 Å². The van der Waals surface area contributed by atoms with Gasteiger partial charge in [0.1, 0.15) is 4.38 Å². The molecule has 0 saturated carbocycles. The topological polar surface area (TPSA) is 76.5 Å². The Bertz CT molecular complexity index is 444. The average molecular weight is 270 g/mol. The predicted octanol–water partition coefficient (Wildman–Crippen LogP) is 0.966. The Hall–Kier alpha value is -1.28. The number of carbonyl (C=O) groups is 1. The molecule has 1 aromatic rings. The van der Waals surface area contributed by atoms with E-state index in [9.17, 15) is 4.79 Å². The number of hydrogen-bond acceptors (Lipinski definition) is 7. The lowest BCUT2D eigenvalue weighted by Gasteiger charge is -2.01. The summed E-state index contributed by atoms with van der Waals surface area (Å²) in [6.07, 6.45) is 2.80. The molecular weight excluding hydrogens is 260 g/mol. The van der Waals surface area contributed by atoms with Crippen LogP contribution in [-0.2, 0) is 0 Å². The van der Waals surface area contributed by atoms with E-state index in [4.69, 9.17) is 4.74 Å². The van der Waals surface area contributed by atoms with Gasteiger partial charge in [0.15, 0.2) is 5.69 Å². The number of carbonyl (C=O) groups excluding carboxylic acids is 1. The zero-order chi connectivity index (χ0) is 12.1. The molecule has 1 fully saturated rings. The van der Waals surface area contributed by atoms with Crippen LogP contribution in [0.1, 0.15) is 10.5 Å². The number of methoxy groups -OCH3 is 1. The Balaban J connectivity index is 2.01. The molecule has 1 amide bonds. The maximum atomic E-state index is 11.7. The quantitative estimate of drug-likeness (QED) is 0.825. The molecule has 2 rings (SSSR count). The Morgan fingerprint density at radius 2 is 2.24 bits per heavy atom. The van der Waals surface area contributed by atoms with Gasteiger partial charge in [-0.3, -0.25) is 9.78 Å². The molecule has 17 heavy (non-hydrogen) atoms. The second kappa shape index (κ2) is 5.87. The molecule has 1 aliphatic rings. The van der Waals surface area contributed by atoms with Crippen LogP contribution in [0, 0.1) is 0 Å². The summed E-state index contributed by atoms with van der Waals surface area (Å²) in [5, 5.41) is 3.99. The van der Waals surface area contributed by atoms with Gasteiger partial charge < -0.3 is 4.74 Å². The van der Waals surface area contributed by atoms with Crippen molar-refractivity contribution in [3.8, 4) is 5.88 Å². The van der Waals surface area contributed by atoms with Gasteiger partial charge in [-0.25, -0.2) is 10.4 Å². The summed E-state index contributed by atoms with van der Waals surface area (Å²) >= 11 is 3.25. The summed E-state index contributed by atoms with van der Waals surface area (Å²) in [6, 6.07) is 0. The molecule has 0 spiro atoms. The Morgan fingerprint density at radius 3 is 2.94 bits per heavy atom. The minimum Gasteiger partial charge on any atom is -0.480 e. The fourth-order valence-corrected chi connectivity index (χ4v) is 3.14. The molecule has 0 radical (unpaired) electrons. The van der Waals surface area contributed by atoms with Gasteiger partial charge in [-0.1, -0.05) is 23.5 Å². The Kier molecular flexibility index (Phi) is 4.21. The van der Waals surface area contributed by atoms with Crippen molar-refractivity contribution >= 4 is 33.8 Å². The van der Waals surface area contributed by atoms with Crippen molar-refractivity contribution in [2.75, 3.05) is 18.6 Å². The molecule has 6 nitrogen and oxygen atoms in total. The summed E-state index contributed by atoms with van der Waals surface area (Å²) in [6.45, 7) is 0. The molecule has 1 N–H and O–H groups in total. The molecule has 0 aliphatic carbocycles. The Morgan fingerprint density at radius 1 is 1.47 bits per heavy atom. The first-order valence-corrected chi connectivity index (χ1v) is 6.76. The lowest BCUT2D eigenvalue weighted by molar-refractivity contribution is 0.0949. The molecule has 0 unspecified atom stereocenters. The third-order valence-corrected chi connectivity index (χ3v) is 4.30. The standard InChI is InChI=1S/C9H10N4O2S2/c1-15-7-5-10-4-6(11-7)8(14)12-13-9-16-2-3-17-9/h4-5H,2-3H2,1H3,(H,12,14). The van der Waals surface area contributed by atoms with Crippen LogP contribution >= 0.6 is 23.5 Å². The van der Waals surface area contributed by atoms with Crippen molar-refractivity contribution in [1.82, 2.24) is 15.4 Å². The molecular formula is C9H10N4O2S2. The highest BCUT2D eigenvalue weighted by molar-refractivity contribution is 8.41. The minimum absolute atomic E-state index is 0.182. The summed E-state index contributed by atoms with van der Waals surface area (Å²) in [7, 11) is 1.47. The highest BCUT2D eigenvalue weighted by Gasteiger charge is 2.12. The van der Waals surface area contributed by atoms with E-state index in [0.29, 0.717) is 5.88 Å². The highest BCUT2D eigenvalue weighted by atomic mass is 32.2. The van der Waals surface area contributed by atoms with Crippen molar-refractivity contribution in [2.24, 2.45) is 5.10 Å². The van der Waals surface area contributed by atoms with E-state index in [0.717, 1.165) is 15.9 Å². The first-order chi connectivity index (χ1) is 8.29. The van der Waals surface area contributed by atoms with Crippen LogP contribution in [0.25, 0.3) is 0 Å². The summed E-state index contributed by atoms with van der Waals surface area (Å²) in [5.74, 6) is 1.96. The van der Waals surface area contributed by atoms with E-state index in [1.807, 2.05) is 0 Å². The second-order valence-electron chi connectivity index (χ2n) is 2.96. The van der Waals surface area contributed by atoms with Gasteiger partial charge in [-0.15, -0.1) is 0 Å². The molecule has 90 valence electrons. The maximum Gasteiger partial charge on any atom is 0.291 e. The first-order valence-electron chi connectivity index (χ1n) is 4.79. The van der Waals surface area contributed by atoms with E-state index in [1.54, 1.807) is 23.5 Å². The zero-order valence-corrected chi connectivity index (χ0v) is 10.7. The molecule has 1 aromatic heterocycles. The number of thioether (sulfide) groups is 2. The van der Waals surface area contributed by atoms with Crippen LogP contribution in [-0.4, -0.2) is 38.9 Å². The van der Waals surface area contributed by atoms with Crippen molar-refractivity contribution in [3.05, 3.63) is 18.1 Å². The van der Waals surface area contributed by atoms with Crippen LogP contribution in [0.2, 0.25) is 0 Å². The fraction of sp³-hybridized carbons (Fsp3) is 0.333. The van der Waals surface area contributed by atoms with Crippen molar-refractivity contribution < 1.29 is 9.53 Å². The minimum atomic E-state index is -0.392. The smallest absolute Gasteiger partial charge is 0.291 e. The SMILES string of the molecule is COc1cncc(C(=O)NN=C2SCCS2)n1. The summed E-state index contributed by atoms with van der Waals surface area (Å²) in [4.78, 5) is 19.5. The van der Waals surface area contributed by atoms with Crippen LogP contribution in [0.5, 0.6) is 5.88 Å². The monoisotopic (exact) mass is 270 g/mol. The lowest BCUT2D eigenvalue weighted by atomic mass is 10.4. The van der Waals surface area contributed by atoms with Gasteiger partial charge in [0.05, 0.1) is 19.5 Å². The number of hydrazone groups is 1. The number of ether oxygens (including phenoxy) is 1. The number of nitrogens with one attached hydrogen (secondary N) is 1. The largest absolute Gasteiger partial charge is 0.480 e. The van der Waals surface area contributed by atoms with Gasteiger partial charge in [0, 0.05) is 11.5 Å². The summed E-state index contributed by atoms with van der Waals surface area (Å²) in [5.41, 5.74) is 2.62. The lowest BCUT2D eigenvalue weighted by Crippen LogP contribution is -2.20. The van der Waals surface area contributed by atoms with Crippen molar-refractivity contribution in [3.63, 3.8) is 0 Å². The van der Waals surface area contributed by atoms with Crippen LogP contribution in [0.3, 0.4) is 0 Å². The van der Waals surface area contributed by atoms with E-state index in [1.165, 1.54) is 19.5 Å². The third-order valence-electron chi connectivity index (χ3n) is 1.84. The summed E-state index contributed by atoms with van der Waals surface area (Å²) < 4.78 is 5.75. The van der Waals surface area contributed by atoms with E-state index < -0.39 is 5.91 Å². The molecule has 0 bridgehead atoms. The molecule has 8 heteroatoms. The van der Waals surface area contributed by atoms with Gasteiger partial charge in [-0.2, -0.15) is 5.10 Å². The first kappa shape index (κ1) is 12.2. The molecule has 1 saturated heterocycles. The highest BCUT2D eigenvalue weighted by Crippen LogP contribution is 2.25. The van der Waals surface area contributed by atoms with Crippen LogP contribution in [0.4, 0.5) is 0 Å². The predicted molar refractivity (Wildman–Crippen MR) is 68.4 cm³/mol. The normalized spacial score (nSPS) is 14.5. The second-order valence-corrected chi connectivity index (χ2v) is 5.39. The van der Waals surface area contributed by atoms with Gasteiger partial charge in [-0.05, 0) is 0 Å². The number of rotatable bonds is 3. The van der Waals surface area contributed by atoms with Gasteiger partial charge in [0.25, 0.3) is 5.91 Å². The van der Waals surface area contributed by atoms with E-state index in [-0.39, 0.29) is 5.69 Å². The number of nitrogens with zero attached hydrogens (tertiary/aromatic N) is 3. The Labute approximate surface area is 107 Å². The van der Waals surface area contributed by atoms with Crippen molar-refractivity contribution in [2.45, 2.75) is 0 Å². The maximum absolute atomic E-state index is 11.7. The van der Waals surface area contributed by atoms with Crippen LogP contribution in [0.15, 0.2) is 17.5 Å². The third kappa shape index (κ3) is 3.34. The van der Waals surface area contributed by atoms with E-state index >= 15 is 0 Å². The van der Waals surface area contributed by atoms with Crippen molar-refractivity contribution in [1.29, 1.82) is 0 Å². The molecule has 2 heterocycles. The molecule has 0 atom stereocenters. The number of amides is 1. The average Bonchev–Trinajstić information content (AvgIpc) is 2.89. The molecule has 1 aliphatic heterocycles. The van der Waals surface area contributed by atoms with Gasteiger partial charge >= 0.3 is 0 Å². The van der Waals surface area contributed by atoms with Crippen LogP contribution < -0.4 is 10.2 Å². The number of aromatic nitrogens is 2. The fourth-order valence-electron chi connectivity index (χ4n) is 1.07. The molecule has 0 aromatic carbocycles. The number of hydrogen-bond donors (Lipinski definition) is 1. The zero-order valence-electron chi connectivity index (χ0n) is 9.04.